The molecule has 13 heavy (non-hydrogen) atoms. The first-order valence-electron chi connectivity index (χ1n) is 4.27. The van der Waals surface area contributed by atoms with Gasteiger partial charge in [0, 0.05) is 6.21 Å². The minimum absolute atomic E-state index is 0.249. The van der Waals surface area contributed by atoms with Crippen LogP contribution in [0.2, 0.25) is 0 Å². The molecule has 0 aliphatic heterocycles. The van der Waals surface area contributed by atoms with Crippen LogP contribution in [0.3, 0.4) is 0 Å². The summed E-state index contributed by atoms with van der Waals surface area (Å²) in [5.74, 6) is 0. The lowest BCUT2D eigenvalue weighted by atomic mass is 10.2. The number of aldehydes is 1. The van der Waals surface area contributed by atoms with Gasteiger partial charge in [0.1, 0.15) is 12.3 Å². The largest absolute Gasteiger partial charge is 0.301 e. The quantitative estimate of drug-likeness (QED) is 0.510. The summed E-state index contributed by atoms with van der Waals surface area (Å²) < 4.78 is 0. The van der Waals surface area contributed by atoms with Crippen molar-refractivity contribution in [1.29, 1.82) is 0 Å². The van der Waals surface area contributed by atoms with Crippen molar-refractivity contribution >= 4 is 12.5 Å². The molecule has 1 unspecified atom stereocenters. The molecule has 0 saturated carbocycles. The topological polar surface area (TPSA) is 29.4 Å². The number of benzene rings is 1. The van der Waals surface area contributed by atoms with Gasteiger partial charge in [0.2, 0.25) is 0 Å². The van der Waals surface area contributed by atoms with Crippen LogP contribution in [0.4, 0.5) is 0 Å². The Morgan fingerprint density at radius 2 is 1.92 bits per heavy atom. The van der Waals surface area contributed by atoms with Gasteiger partial charge in [-0.2, -0.15) is 0 Å². The van der Waals surface area contributed by atoms with Gasteiger partial charge in [0.15, 0.2) is 0 Å². The Bertz CT molecular complexity index is 300. The van der Waals surface area contributed by atoms with Gasteiger partial charge in [0.05, 0.1) is 0 Å². The number of carbonyl (C=O) groups excluding carboxylic acids is 1. The van der Waals surface area contributed by atoms with Crippen LogP contribution < -0.4 is 0 Å². The van der Waals surface area contributed by atoms with Crippen molar-refractivity contribution in [2.45, 2.75) is 19.9 Å². The van der Waals surface area contributed by atoms with Crippen LogP contribution in [0.15, 0.2) is 29.3 Å². The highest BCUT2D eigenvalue weighted by Gasteiger charge is 1.92. The molecule has 1 rings (SSSR count). The highest BCUT2D eigenvalue weighted by atomic mass is 16.1. The summed E-state index contributed by atoms with van der Waals surface area (Å²) in [4.78, 5) is 14.3. The second-order valence-electron chi connectivity index (χ2n) is 3.07. The fourth-order valence-corrected chi connectivity index (χ4v) is 0.891. The molecule has 1 aromatic rings. The highest BCUT2D eigenvalue weighted by Crippen LogP contribution is 2.00. The van der Waals surface area contributed by atoms with Crippen LogP contribution in [0.1, 0.15) is 18.1 Å². The maximum absolute atomic E-state index is 10.3. The summed E-state index contributed by atoms with van der Waals surface area (Å²) in [7, 11) is 0. The Morgan fingerprint density at radius 1 is 1.31 bits per heavy atom. The number of aryl methyl sites for hydroxylation is 1. The molecule has 0 spiro atoms. The maximum atomic E-state index is 10.3. The van der Waals surface area contributed by atoms with Gasteiger partial charge in [0.25, 0.3) is 0 Å². The molecular weight excluding hydrogens is 162 g/mol. The van der Waals surface area contributed by atoms with E-state index < -0.39 is 0 Å². The van der Waals surface area contributed by atoms with Crippen molar-refractivity contribution in [3.63, 3.8) is 0 Å². The number of nitrogens with zero attached hydrogens (tertiary/aromatic N) is 1. The first-order valence-corrected chi connectivity index (χ1v) is 4.27. The van der Waals surface area contributed by atoms with E-state index in [1.807, 2.05) is 31.2 Å². The molecule has 68 valence electrons. The van der Waals surface area contributed by atoms with E-state index in [2.05, 4.69) is 4.99 Å². The molecular formula is C11H13NO. The summed E-state index contributed by atoms with van der Waals surface area (Å²) in [6, 6.07) is 7.76. The highest BCUT2D eigenvalue weighted by molar-refractivity contribution is 5.81. The van der Waals surface area contributed by atoms with Crippen molar-refractivity contribution in [2.75, 3.05) is 0 Å². The zero-order valence-corrected chi connectivity index (χ0v) is 7.90. The molecule has 0 aliphatic carbocycles. The third-order valence-corrected chi connectivity index (χ3v) is 1.73. The number of hydrogen-bond donors (Lipinski definition) is 0. The van der Waals surface area contributed by atoms with E-state index in [9.17, 15) is 4.79 Å². The van der Waals surface area contributed by atoms with E-state index >= 15 is 0 Å². The molecule has 1 atom stereocenters. The van der Waals surface area contributed by atoms with E-state index in [0.29, 0.717) is 0 Å². The number of carbonyl (C=O) groups is 1. The fourth-order valence-electron chi connectivity index (χ4n) is 0.891. The Hall–Kier alpha value is -1.44. The molecule has 0 saturated heterocycles. The molecule has 0 amide bonds. The van der Waals surface area contributed by atoms with Crippen molar-refractivity contribution in [3.8, 4) is 0 Å². The molecule has 0 heterocycles. The zero-order chi connectivity index (χ0) is 9.68. The Morgan fingerprint density at radius 3 is 2.46 bits per heavy atom. The van der Waals surface area contributed by atoms with Crippen molar-refractivity contribution in [1.82, 2.24) is 0 Å². The van der Waals surface area contributed by atoms with Gasteiger partial charge >= 0.3 is 0 Å². The SMILES string of the molecule is Cc1ccc(C=NC(C)C=O)cc1. The minimum atomic E-state index is -0.249. The molecule has 2 nitrogen and oxygen atoms in total. The van der Waals surface area contributed by atoms with Gasteiger partial charge in [-0.15, -0.1) is 0 Å². The maximum Gasteiger partial charge on any atom is 0.144 e. The average Bonchev–Trinajstić information content (AvgIpc) is 2.16. The summed E-state index contributed by atoms with van der Waals surface area (Å²) in [5, 5.41) is 0. The zero-order valence-electron chi connectivity index (χ0n) is 7.90. The monoisotopic (exact) mass is 175 g/mol. The smallest absolute Gasteiger partial charge is 0.144 e. The summed E-state index contributed by atoms with van der Waals surface area (Å²) in [6.07, 6.45) is 2.54. The predicted molar refractivity (Wildman–Crippen MR) is 54.3 cm³/mol. The summed E-state index contributed by atoms with van der Waals surface area (Å²) >= 11 is 0. The van der Waals surface area contributed by atoms with Crippen molar-refractivity contribution < 1.29 is 4.79 Å². The normalized spacial score (nSPS) is 13.1. The first-order chi connectivity index (χ1) is 6.22. The number of hydrogen-bond acceptors (Lipinski definition) is 2. The molecule has 0 bridgehead atoms. The third kappa shape index (κ3) is 3.20. The van der Waals surface area contributed by atoms with Crippen LogP contribution in [-0.4, -0.2) is 18.5 Å². The van der Waals surface area contributed by atoms with E-state index in [0.717, 1.165) is 11.8 Å². The van der Waals surface area contributed by atoms with E-state index in [1.165, 1.54) is 5.56 Å². The standard InChI is InChI=1S/C11H13NO/c1-9-3-5-11(6-4-9)7-12-10(2)8-13/h3-8,10H,1-2H3. The molecule has 2 heteroatoms. The van der Waals surface area contributed by atoms with E-state index in [1.54, 1.807) is 13.1 Å². The lowest BCUT2D eigenvalue weighted by Gasteiger charge is -1.95. The van der Waals surface area contributed by atoms with Crippen LogP contribution >= 0.6 is 0 Å². The van der Waals surface area contributed by atoms with Crippen LogP contribution in [0, 0.1) is 6.92 Å². The summed E-state index contributed by atoms with van der Waals surface area (Å²) in [6.45, 7) is 3.80. The van der Waals surface area contributed by atoms with Crippen LogP contribution in [0.25, 0.3) is 0 Å². The lowest BCUT2D eigenvalue weighted by Crippen LogP contribution is -1.98. The van der Waals surface area contributed by atoms with E-state index in [-0.39, 0.29) is 6.04 Å². The van der Waals surface area contributed by atoms with Gasteiger partial charge in [-0.3, -0.25) is 4.99 Å². The van der Waals surface area contributed by atoms with E-state index in [4.69, 9.17) is 0 Å². The van der Waals surface area contributed by atoms with Gasteiger partial charge < -0.3 is 4.79 Å². The minimum Gasteiger partial charge on any atom is -0.301 e. The second kappa shape index (κ2) is 4.55. The average molecular weight is 175 g/mol. The van der Waals surface area contributed by atoms with Crippen molar-refractivity contribution in [2.24, 2.45) is 4.99 Å². The molecule has 0 radical (unpaired) electrons. The Balaban J connectivity index is 2.69. The molecule has 1 aromatic carbocycles. The lowest BCUT2D eigenvalue weighted by molar-refractivity contribution is -0.108. The van der Waals surface area contributed by atoms with Gasteiger partial charge in [-0.05, 0) is 19.4 Å². The Labute approximate surface area is 78.3 Å². The predicted octanol–water partition coefficient (Wildman–Crippen LogP) is 2.00. The molecule has 0 aromatic heterocycles. The van der Waals surface area contributed by atoms with Crippen LogP contribution in [0.5, 0.6) is 0 Å². The first kappa shape index (κ1) is 9.65. The molecule has 0 fully saturated rings. The van der Waals surface area contributed by atoms with Crippen molar-refractivity contribution in [3.05, 3.63) is 35.4 Å². The van der Waals surface area contributed by atoms with Gasteiger partial charge in [-0.25, -0.2) is 0 Å². The summed E-state index contributed by atoms with van der Waals surface area (Å²) in [5.41, 5.74) is 2.25. The van der Waals surface area contributed by atoms with Gasteiger partial charge in [-0.1, -0.05) is 29.8 Å². The fraction of sp³-hybridized carbons (Fsp3) is 0.273. The molecule has 0 aliphatic rings. The molecule has 0 N–H and O–H groups in total. The van der Waals surface area contributed by atoms with Crippen LogP contribution in [-0.2, 0) is 4.79 Å². The second-order valence-corrected chi connectivity index (χ2v) is 3.07. The Kier molecular flexibility index (Phi) is 3.38. The number of rotatable bonds is 3. The third-order valence-electron chi connectivity index (χ3n) is 1.73. The number of aliphatic imine (C=N–C) groups is 1.